The van der Waals surface area contributed by atoms with Gasteiger partial charge < -0.3 is 4.40 Å². The molecule has 3 aromatic rings. The molecule has 0 bridgehead atoms. The van der Waals surface area contributed by atoms with Crippen LogP contribution in [0.4, 0.5) is 0 Å². The fourth-order valence-electron chi connectivity index (χ4n) is 1.97. The molecule has 0 saturated heterocycles. The van der Waals surface area contributed by atoms with Crippen molar-refractivity contribution in [3.8, 4) is 11.3 Å². The third kappa shape index (κ3) is 1.95. The molecule has 2 aromatic heterocycles. The SMILES string of the molecule is Cc1ccn2cc(-c3ccc(C)c(Br)c3)nc2c1. The van der Waals surface area contributed by atoms with Crippen molar-refractivity contribution < 1.29 is 0 Å². The first-order chi connectivity index (χ1) is 8.63. The van der Waals surface area contributed by atoms with Gasteiger partial charge in [-0.05, 0) is 43.2 Å². The zero-order valence-corrected chi connectivity index (χ0v) is 11.9. The largest absolute Gasteiger partial charge is 0.306 e. The van der Waals surface area contributed by atoms with Crippen molar-refractivity contribution in [3.63, 3.8) is 0 Å². The minimum Gasteiger partial charge on any atom is -0.306 e. The number of nitrogens with zero attached hydrogens (tertiary/aromatic N) is 2. The molecule has 2 heterocycles. The van der Waals surface area contributed by atoms with Gasteiger partial charge >= 0.3 is 0 Å². The Morgan fingerprint density at radius 1 is 1.11 bits per heavy atom. The summed E-state index contributed by atoms with van der Waals surface area (Å²) in [5.74, 6) is 0. The number of halogens is 1. The van der Waals surface area contributed by atoms with Gasteiger partial charge in [0.25, 0.3) is 0 Å². The Morgan fingerprint density at radius 2 is 1.94 bits per heavy atom. The second-order valence-electron chi connectivity index (χ2n) is 4.56. The topological polar surface area (TPSA) is 17.3 Å². The molecule has 0 unspecified atom stereocenters. The summed E-state index contributed by atoms with van der Waals surface area (Å²) in [6.45, 7) is 4.16. The van der Waals surface area contributed by atoms with Crippen molar-refractivity contribution in [2.45, 2.75) is 13.8 Å². The highest BCUT2D eigenvalue weighted by Crippen LogP contribution is 2.25. The minimum absolute atomic E-state index is 0.988. The van der Waals surface area contributed by atoms with E-state index in [2.05, 4.69) is 75.7 Å². The lowest BCUT2D eigenvalue weighted by Crippen LogP contribution is -1.81. The average Bonchev–Trinajstić information content (AvgIpc) is 2.75. The van der Waals surface area contributed by atoms with Crippen molar-refractivity contribution in [3.05, 3.63) is 58.3 Å². The van der Waals surface area contributed by atoms with Gasteiger partial charge in [0.05, 0.1) is 5.69 Å². The summed E-state index contributed by atoms with van der Waals surface area (Å²) < 4.78 is 3.17. The molecule has 3 rings (SSSR count). The molecular weight excluding hydrogens is 288 g/mol. The molecule has 1 aromatic carbocycles. The predicted molar refractivity (Wildman–Crippen MR) is 77.8 cm³/mol. The summed E-state index contributed by atoms with van der Waals surface area (Å²) >= 11 is 3.56. The van der Waals surface area contributed by atoms with Crippen LogP contribution in [-0.2, 0) is 0 Å². The van der Waals surface area contributed by atoms with Crippen LogP contribution in [0.15, 0.2) is 47.2 Å². The Kier molecular flexibility index (Phi) is 2.71. The highest BCUT2D eigenvalue weighted by atomic mass is 79.9. The van der Waals surface area contributed by atoms with Gasteiger partial charge in [0.2, 0.25) is 0 Å². The van der Waals surface area contributed by atoms with E-state index in [-0.39, 0.29) is 0 Å². The summed E-state index contributed by atoms with van der Waals surface area (Å²) in [5.41, 5.74) is 5.58. The number of hydrogen-bond acceptors (Lipinski definition) is 1. The standard InChI is InChI=1S/C15H13BrN2/c1-10-5-6-18-9-14(17-15(18)7-10)12-4-3-11(2)13(16)8-12/h3-9H,1-2H3. The van der Waals surface area contributed by atoms with Crippen LogP contribution in [0.25, 0.3) is 16.9 Å². The Labute approximate surface area is 114 Å². The van der Waals surface area contributed by atoms with Crippen molar-refractivity contribution >= 4 is 21.6 Å². The first kappa shape index (κ1) is 11.5. The van der Waals surface area contributed by atoms with Crippen LogP contribution in [0.5, 0.6) is 0 Å². The molecule has 0 atom stereocenters. The molecule has 90 valence electrons. The van der Waals surface area contributed by atoms with E-state index in [1.54, 1.807) is 0 Å². The maximum absolute atomic E-state index is 4.66. The van der Waals surface area contributed by atoms with E-state index in [1.165, 1.54) is 11.1 Å². The summed E-state index contributed by atoms with van der Waals surface area (Å²) in [4.78, 5) is 4.66. The molecule has 0 fully saturated rings. The van der Waals surface area contributed by atoms with Gasteiger partial charge in [-0.25, -0.2) is 4.98 Å². The van der Waals surface area contributed by atoms with Gasteiger partial charge in [0.1, 0.15) is 5.65 Å². The molecule has 3 heteroatoms. The number of pyridine rings is 1. The van der Waals surface area contributed by atoms with Gasteiger partial charge in [0.15, 0.2) is 0 Å². The van der Waals surface area contributed by atoms with Crippen LogP contribution in [0.1, 0.15) is 11.1 Å². The number of imidazole rings is 1. The third-order valence-electron chi connectivity index (χ3n) is 3.08. The Morgan fingerprint density at radius 3 is 2.72 bits per heavy atom. The molecule has 0 spiro atoms. The number of benzene rings is 1. The van der Waals surface area contributed by atoms with Crippen molar-refractivity contribution in [1.82, 2.24) is 9.38 Å². The maximum atomic E-state index is 4.66. The average molecular weight is 301 g/mol. The normalized spacial score (nSPS) is 11.1. The quantitative estimate of drug-likeness (QED) is 0.652. The Balaban J connectivity index is 2.16. The molecule has 0 saturated carbocycles. The Bertz CT molecular complexity index is 728. The van der Waals surface area contributed by atoms with E-state index in [4.69, 9.17) is 0 Å². The number of fused-ring (bicyclic) bond motifs is 1. The van der Waals surface area contributed by atoms with Gasteiger partial charge in [-0.3, -0.25) is 0 Å². The van der Waals surface area contributed by atoms with Crippen molar-refractivity contribution in [2.75, 3.05) is 0 Å². The van der Waals surface area contributed by atoms with Crippen LogP contribution in [0.3, 0.4) is 0 Å². The van der Waals surface area contributed by atoms with E-state index in [1.807, 2.05) is 6.20 Å². The Hall–Kier alpha value is -1.61. The first-order valence-corrected chi connectivity index (χ1v) is 6.65. The fraction of sp³-hybridized carbons (Fsp3) is 0.133. The van der Waals surface area contributed by atoms with E-state index < -0.39 is 0 Å². The number of aromatic nitrogens is 2. The first-order valence-electron chi connectivity index (χ1n) is 5.85. The molecular formula is C15H13BrN2. The molecule has 0 N–H and O–H groups in total. The molecule has 0 aliphatic rings. The monoisotopic (exact) mass is 300 g/mol. The molecule has 0 aliphatic carbocycles. The molecule has 0 amide bonds. The van der Waals surface area contributed by atoms with Gasteiger partial charge in [0, 0.05) is 22.4 Å². The molecule has 18 heavy (non-hydrogen) atoms. The van der Waals surface area contributed by atoms with Crippen molar-refractivity contribution in [1.29, 1.82) is 0 Å². The van der Waals surface area contributed by atoms with Crippen LogP contribution in [-0.4, -0.2) is 9.38 Å². The van der Waals surface area contributed by atoms with Crippen LogP contribution in [0, 0.1) is 13.8 Å². The number of hydrogen-bond donors (Lipinski definition) is 0. The van der Waals surface area contributed by atoms with E-state index in [0.29, 0.717) is 0 Å². The van der Waals surface area contributed by atoms with Crippen molar-refractivity contribution in [2.24, 2.45) is 0 Å². The molecule has 0 aliphatic heterocycles. The zero-order valence-electron chi connectivity index (χ0n) is 10.3. The van der Waals surface area contributed by atoms with Gasteiger partial charge in [-0.15, -0.1) is 0 Å². The van der Waals surface area contributed by atoms with Gasteiger partial charge in [-0.2, -0.15) is 0 Å². The highest BCUT2D eigenvalue weighted by molar-refractivity contribution is 9.10. The fourth-order valence-corrected chi connectivity index (χ4v) is 2.35. The summed E-state index contributed by atoms with van der Waals surface area (Å²) in [5, 5.41) is 0. The van der Waals surface area contributed by atoms with E-state index in [0.717, 1.165) is 21.4 Å². The second kappa shape index (κ2) is 4.25. The minimum atomic E-state index is 0.988. The second-order valence-corrected chi connectivity index (χ2v) is 5.41. The summed E-state index contributed by atoms with van der Waals surface area (Å²) in [6.07, 6.45) is 4.11. The summed E-state index contributed by atoms with van der Waals surface area (Å²) in [6, 6.07) is 10.5. The molecule has 0 radical (unpaired) electrons. The van der Waals surface area contributed by atoms with Crippen LogP contribution >= 0.6 is 15.9 Å². The molecule has 2 nitrogen and oxygen atoms in total. The number of aryl methyl sites for hydroxylation is 2. The van der Waals surface area contributed by atoms with Crippen LogP contribution in [0.2, 0.25) is 0 Å². The summed E-state index contributed by atoms with van der Waals surface area (Å²) in [7, 11) is 0. The highest BCUT2D eigenvalue weighted by Gasteiger charge is 2.05. The lowest BCUT2D eigenvalue weighted by Gasteiger charge is -2.00. The lowest BCUT2D eigenvalue weighted by molar-refractivity contribution is 1.17. The number of rotatable bonds is 1. The lowest BCUT2D eigenvalue weighted by atomic mass is 10.1. The van der Waals surface area contributed by atoms with Gasteiger partial charge in [-0.1, -0.05) is 28.1 Å². The van der Waals surface area contributed by atoms with E-state index >= 15 is 0 Å². The van der Waals surface area contributed by atoms with E-state index in [9.17, 15) is 0 Å². The smallest absolute Gasteiger partial charge is 0.137 e. The third-order valence-corrected chi connectivity index (χ3v) is 3.94. The zero-order chi connectivity index (χ0) is 12.7. The predicted octanol–water partition coefficient (Wildman–Crippen LogP) is 4.38. The van der Waals surface area contributed by atoms with Crippen LogP contribution < -0.4 is 0 Å². The maximum Gasteiger partial charge on any atom is 0.137 e.